The maximum atomic E-state index is 2.52. The minimum Gasteiger partial charge on any atom is -1.00 e. The summed E-state index contributed by atoms with van der Waals surface area (Å²) in [6, 6.07) is 35.6. The molecule has 0 aromatic heterocycles. The molecule has 5 heteroatoms. The first kappa shape index (κ1) is 37.8. The number of aryl methyl sites for hydroxylation is 1. The summed E-state index contributed by atoms with van der Waals surface area (Å²) in [6.45, 7) is 16.1. The van der Waals surface area contributed by atoms with Crippen molar-refractivity contribution in [2.75, 3.05) is 0 Å². The summed E-state index contributed by atoms with van der Waals surface area (Å²) in [5.41, 5.74) is 5.74. The van der Waals surface area contributed by atoms with E-state index in [2.05, 4.69) is 139 Å². The Balaban J connectivity index is 0.00000361. The van der Waals surface area contributed by atoms with E-state index in [1.165, 1.54) is 37.8 Å². The van der Waals surface area contributed by atoms with Crippen LogP contribution in [0, 0.1) is 0 Å². The Hall–Kier alpha value is -1.19. The molecule has 4 aromatic carbocycles. The fourth-order valence-electron chi connectivity index (χ4n) is 5.49. The van der Waals surface area contributed by atoms with E-state index in [4.69, 9.17) is 0 Å². The van der Waals surface area contributed by atoms with Gasteiger partial charge in [0.25, 0.3) is 0 Å². The van der Waals surface area contributed by atoms with Gasteiger partial charge in [-0.25, -0.2) is 12.1 Å². The van der Waals surface area contributed by atoms with Crippen LogP contribution in [0.1, 0.15) is 88.5 Å². The van der Waals surface area contributed by atoms with Gasteiger partial charge in [0.05, 0.1) is 0 Å². The Kier molecular flexibility index (Phi) is 15.8. The molecule has 206 valence electrons. The Labute approximate surface area is 271 Å². The summed E-state index contributed by atoms with van der Waals surface area (Å²) in [5, 5.41) is 6.02. The summed E-state index contributed by atoms with van der Waals surface area (Å²) in [4.78, 5) is 0. The zero-order chi connectivity index (χ0) is 25.2. The van der Waals surface area contributed by atoms with Crippen molar-refractivity contribution in [3.8, 4) is 0 Å². The minimum atomic E-state index is -2.55. The summed E-state index contributed by atoms with van der Waals surface area (Å²) >= 11 is 0. The number of hydrogen-bond acceptors (Lipinski definition) is 0. The van der Waals surface area contributed by atoms with Crippen LogP contribution in [0.2, 0.25) is 0 Å². The van der Waals surface area contributed by atoms with Gasteiger partial charge in [-0.2, -0.15) is 11.6 Å². The van der Waals surface area contributed by atoms with Gasteiger partial charge in [-0.1, -0.05) is 143 Å². The second-order valence-corrected chi connectivity index (χ2v) is 14.7. The van der Waals surface area contributed by atoms with Gasteiger partial charge in [0.15, 0.2) is 0 Å². The van der Waals surface area contributed by atoms with E-state index in [0.29, 0.717) is 17.8 Å². The molecule has 0 aliphatic carbocycles. The molecule has 4 aromatic rings. The minimum absolute atomic E-state index is 0. The van der Waals surface area contributed by atoms with Crippen LogP contribution in [0.5, 0.6) is 0 Å². The average Bonchev–Trinajstić information content (AvgIpc) is 3.34. The monoisotopic (exact) mass is 630 g/mol. The smallest absolute Gasteiger partial charge is 1.00 e. The average molecular weight is 632 g/mol. The van der Waals surface area contributed by atoms with Crippen LogP contribution >= 0.6 is 0 Å². The second-order valence-electron chi connectivity index (χ2n) is 10.9. The molecule has 0 N–H and O–H groups in total. The van der Waals surface area contributed by atoms with E-state index < -0.39 is 8.07 Å². The third-order valence-corrected chi connectivity index (χ3v) is 12.5. The summed E-state index contributed by atoms with van der Waals surface area (Å²) in [7, 11) is -2.55. The Morgan fingerprint density at radius 1 is 0.564 bits per heavy atom. The molecule has 0 fully saturated rings. The van der Waals surface area contributed by atoms with Crippen LogP contribution < -0.4 is 58.0 Å². The normalized spacial score (nSPS) is 10.9. The quantitative estimate of drug-likeness (QED) is 0.117. The largest absolute Gasteiger partial charge is 4.00 e. The molecule has 39 heavy (non-hydrogen) atoms. The van der Waals surface area contributed by atoms with Crippen LogP contribution in [0.15, 0.2) is 91.0 Å². The van der Waals surface area contributed by atoms with E-state index in [1.807, 2.05) is 0 Å². The molecule has 0 nitrogen and oxygen atoms in total. The molecular formula is C34H41Cl3SiTi. The standard InChI is InChI=1S/C34H41Si.3ClH.Ti/c1-8-27-13-12-20-34(27)35(31-17-9-14-28(21-31)24(2)3,32-18-10-15-29(22-32)25(4)5)33-19-11-16-30(23-33)26(6)7;;;;/h9-26H,8H2,1-7H3;3*1H;/q-1;;;;+4/p-3. The van der Waals surface area contributed by atoms with E-state index in [0.717, 1.165) is 6.42 Å². The molecule has 0 radical (unpaired) electrons. The molecule has 0 amide bonds. The number of halogens is 3. The fraction of sp³-hybridized carbons (Fsp3) is 0.324. The Morgan fingerprint density at radius 3 is 1.23 bits per heavy atom. The van der Waals surface area contributed by atoms with Crippen molar-refractivity contribution in [3.63, 3.8) is 0 Å². The predicted molar refractivity (Wildman–Crippen MR) is 157 cm³/mol. The Morgan fingerprint density at radius 2 is 0.923 bits per heavy atom. The first-order chi connectivity index (χ1) is 16.8. The van der Waals surface area contributed by atoms with Crippen LogP contribution in [0.3, 0.4) is 0 Å². The first-order valence-electron chi connectivity index (χ1n) is 13.3. The number of benzene rings is 3. The third-order valence-electron chi connectivity index (χ3n) is 7.65. The predicted octanol–water partition coefficient (Wildman–Crippen LogP) is -2.27. The SMILES string of the molecule is CCc1ccc[c-]1[Si](c1cccc(C(C)C)c1)(c1cccc(C(C)C)c1)c1cccc(C(C)C)c1.[Cl-].[Cl-].[Cl-].[Ti+4]. The van der Waals surface area contributed by atoms with Gasteiger partial charge < -0.3 is 37.2 Å². The van der Waals surface area contributed by atoms with Crippen molar-refractivity contribution in [3.05, 3.63) is 113 Å². The molecule has 0 saturated carbocycles. The van der Waals surface area contributed by atoms with E-state index in [1.54, 1.807) is 5.19 Å². The van der Waals surface area contributed by atoms with Gasteiger partial charge in [0, 0.05) is 0 Å². The molecule has 0 saturated heterocycles. The maximum absolute atomic E-state index is 2.55. The van der Waals surface area contributed by atoms with Crippen LogP contribution in [0.4, 0.5) is 0 Å². The molecule has 0 bridgehead atoms. The number of rotatable bonds is 8. The third kappa shape index (κ3) is 7.56. The van der Waals surface area contributed by atoms with Crippen molar-refractivity contribution < 1.29 is 58.9 Å². The van der Waals surface area contributed by atoms with Crippen LogP contribution in [-0.4, -0.2) is 8.07 Å². The molecular weight excluding hydrogens is 591 g/mol. The fourth-order valence-corrected chi connectivity index (χ4v) is 10.7. The summed E-state index contributed by atoms with van der Waals surface area (Å²) in [5.74, 6) is 1.49. The van der Waals surface area contributed by atoms with Crippen molar-refractivity contribution in [1.29, 1.82) is 0 Å². The van der Waals surface area contributed by atoms with Crippen molar-refractivity contribution in [1.82, 2.24) is 0 Å². The molecule has 0 spiro atoms. The zero-order valence-corrected chi connectivity index (χ0v) is 29.1. The summed E-state index contributed by atoms with van der Waals surface area (Å²) in [6.07, 6.45) is 1.05. The summed E-state index contributed by atoms with van der Waals surface area (Å²) < 4.78 is 0. The topological polar surface area (TPSA) is 0 Å². The number of hydrogen-bond donors (Lipinski definition) is 0. The van der Waals surface area contributed by atoms with Gasteiger partial charge in [-0.15, -0.1) is 5.19 Å². The maximum Gasteiger partial charge on any atom is 4.00 e. The van der Waals surface area contributed by atoms with Crippen LogP contribution in [-0.2, 0) is 28.1 Å². The van der Waals surface area contributed by atoms with E-state index >= 15 is 0 Å². The van der Waals surface area contributed by atoms with Crippen molar-refractivity contribution >= 4 is 28.8 Å². The van der Waals surface area contributed by atoms with Crippen molar-refractivity contribution in [2.24, 2.45) is 0 Å². The van der Waals surface area contributed by atoms with Gasteiger partial charge in [-0.05, 0) is 34.4 Å². The molecule has 0 aliphatic heterocycles. The van der Waals surface area contributed by atoms with Gasteiger partial charge in [-0.3, -0.25) is 0 Å². The molecule has 0 unspecified atom stereocenters. The Bertz CT molecular complexity index is 1170. The molecule has 0 heterocycles. The van der Waals surface area contributed by atoms with Crippen molar-refractivity contribution in [2.45, 2.75) is 72.6 Å². The molecule has 0 aliphatic rings. The zero-order valence-electron chi connectivity index (χ0n) is 24.2. The van der Waals surface area contributed by atoms with Crippen LogP contribution in [0.25, 0.3) is 0 Å². The molecule has 4 rings (SSSR count). The second kappa shape index (κ2) is 16.3. The van der Waals surface area contributed by atoms with Gasteiger partial charge in [0.2, 0.25) is 0 Å². The van der Waals surface area contributed by atoms with E-state index in [9.17, 15) is 0 Å². The molecule has 0 atom stereocenters. The van der Waals surface area contributed by atoms with Gasteiger partial charge >= 0.3 is 21.7 Å². The first-order valence-corrected chi connectivity index (χ1v) is 15.3. The van der Waals surface area contributed by atoms with Gasteiger partial charge in [0.1, 0.15) is 8.07 Å². The van der Waals surface area contributed by atoms with E-state index in [-0.39, 0.29) is 58.9 Å².